The van der Waals surface area contributed by atoms with Gasteiger partial charge in [-0.1, -0.05) is 12.8 Å². The fraction of sp³-hybridized carbons (Fsp3) is 0.348. The van der Waals surface area contributed by atoms with Crippen LogP contribution in [0.1, 0.15) is 47.4 Å². The molecule has 0 aliphatic carbocycles. The van der Waals surface area contributed by atoms with Crippen LogP contribution in [0.25, 0.3) is 10.9 Å². The van der Waals surface area contributed by atoms with E-state index in [9.17, 15) is 19.7 Å². The van der Waals surface area contributed by atoms with E-state index in [1.54, 1.807) is 16.7 Å². The van der Waals surface area contributed by atoms with Gasteiger partial charge in [-0.2, -0.15) is 0 Å². The number of esters is 1. The number of nitrogens with zero attached hydrogens (tertiary/aromatic N) is 3. The van der Waals surface area contributed by atoms with Crippen LogP contribution in [0.5, 0.6) is 5.75 Å². The Hall–Kier alpha value is -3.75. The van der Waals surface area contributed by atoms with Crippen molar-refractivity contribution in [2.45, 2.75) is 45.3 Å². The molecule has 0 bridgehead atoms. The highest BCUT2D eigenvalue weighted by Gasteiger charge is 2.17. The van der Waals surface area contributed by atoms with Crippen molar-refractivity contribution in [2.75, 3.05) is 7.11 Å². The maximum Gasteiger partial charge on any atom is 0.338 e. The Labute approximate surface area is 183 Å². The first-order valence-electron chi connectivity index (χ1n) is 10.5. The van der Waals surface area contributed by atoms with E-state index in [4.69, 9.17) is 9.47 Å². The number of carbonyl (C=O) groups excluding carboxylic acids is 1. The Morgan fingerprint density at radius 3 is 2.75 bits per heavy atom. The highest BCUT2D eigenvalue weighted by Crippen LogP contribution is 2.25. The van der Waals surface area contributed by atoms with Crippen LogP contribution in [0.2, 0.25) is 0 Å². The first kappa shape index (κ1) is 21.5. The number of carbonyl (C=O) groups is 1. The largest absolute Gasteiger partial charge is 0.496 e. The third kappa shape index (κ3) is 4.32. The van der Waals surface area contributed by atoms with Crippen LogP contribution in [0.3, 0.4) is 0 Å². The molecule has 9 nitrogen and oxygen atoms in total. The first-order chi connectivity index (χ1) is 15.5. The van der Waals surface area contributed by atoms with E-state index >= 15 is 0 Å². The smallest absolute Gasteiger partial charge is 0.338 e. The van der Waals surface area contributed by atoms with Crippen LogP contribution >= 0.6 is 0 Å². The third-order valence-electron chi connectivity index (χ3n) is 5.64. The Morgan fingerprint density at radius 2 is 1.97 bits per heavy atom. The van der Waals surface area contributed by atoms with Crippen molar-refractivity contribution in [3.05, 3.63) is 73.8 Å². The van der Waals surface area contributed by atoms with Crippen molar-refractivity contribution in [1.82, 2.24) is 9.55 Å². The van der Waals surface area contributed by atoms with Crippen molar-refractivity contribution < 1.29 is 19.2 Å². The maximum absolute atomic E-state index is 12.9. The molecule has 1 aliphatic rings. The third-order valence-corrected chi connectivity index (χ3v) is 5.64. The summed E-state index contributed by atoms with van der Waals surface area (Å²) in [6.07, 6.45) is 4.87. The summed E-state index contributed by atoms with van der Waals surface area (Å²) in [5.74, 6) is 0.512. The number of ether oxygens (including phenoxy) is 2. The van der Waals surface area contributed by atoms with Crippen LogP contribution in [0, 0.1) is 10.1 Å². The summed E-state index contributed by atoms with van der Waals surface area (Å²) in [6, 6.07) is 8.79. The van der Waals surface area contributed by atoms with Gasteiger partial charge in [0.05, 0.1) is 28.5 Å². The number of methoxy groups -OCH3 is 1. The van der Waals surface area contributed by atoms with Crippen LogP contribution in [0.15, 0.2) is 41.2 Å². The number of hydrogen-bond acceptors (Lipinski definition) is 7. The molecule has 9 heteroatoms. The fourth-order valence-corrected chi connectivity index (χ4v) is 3.94. The molecule has 32 heavy (non-hydrogen) atoms. The molecule has 1 aromatic heterocycles. The molecule has 0 atom stereocenters. The van der Waals surface area contributed by atoms with Gasteiger partial charge in [-0.05, 0) is 37.1 Å². The number of aryl methyl sites for hydroxylation is 1. The van der Waals surface area contributed by atoms with Gasteiger partial charge < -0.3 is 9.47 Å². The predicted octanol–water partition coefficient (Wildman–Crippen LogP) is 3.79. The zero-order valence-corrected chi connectivity index (χ0v) is 17.7. The summed E-state index contributed by atoms with van der Waals surface area (Å²) in [5, 5.41) is 11.5. The highest BCUT2D eigenvalue weighted by atomic mass is 16.6. The summed E-state index contributed by atoms with van der Waals surface area (Å²) in [4.78, 5) is 40.7. The number of fused-ring (bicyclic) bond motifs is 2. The zero-order valence-electron chi connectivity index (χ0n) is 17.7. The van der Waals surface area contributed by atoms with Gasteiger partial charge in [-0.3, -0.25) is 19.5 Å². The summed E-state index contributed by atoms with van der Waals surface area (Å²) >= 11 is 0. The predicted molar refractivity (Wildman–Crippen MR) is 117 cm³/mol. The summed E-state index contributed by atoms with van der Waals surface area (Å²) in [7, 11) is 1.44. The highest BCUT2D eigenvalue weighted by molar-refractivity contribution is 5.94. The molecule has 166 valence electrons. The monoisotopic (exact) mass is 437 g/mol. The molecular formula is C23H23N3O6. The van der Waals surface area contributed by atoms with Crippen molar-refractivity contribution in [2.24, 2.45) is 0 Å². The van der Waals surface area contributed by atoms with Gasteiger partial charge in [0, 0.05) is 30.7 Å². The minimum absolute atomic E-state index is 0.0897. The van der Waals surface area contributed by atoms with Gasteiger partial charge in [-0.25, -0.2) is 9.78 Å². The van der Waals surface area contributed by atoms with E-state index in [2.05, 4.69) is 4.98 Å². The molecule has 0 saturated heterocycles. The molecule has 0 fully saturated rings. The molecule has 0 spiro atoms. The van der Waals surface area contributed by atoms with E-state index in [1.807, 2.05) is 0 Å². The summed E-state index contributed by atoms with van der Waals surface area (Å²) < 4.78 is 12.3. The van der Waals surface area contributed by atoms with E-state index in [1.165, 1.54) is 31.4 Å². The van der Waals surface area contributed by atoms with Crippen LogP contribution in [-0.4, -0.2) is 27.6 Å². The first-order valence-corrected chi connectivity index (χ1v) is 10.5. The average molecular weight is 437 g/mol. The molecule has 0 saturated carbocycles. The Kier molecular flexibility index (Phi) is 6.16. The lowest BCUT2D eigenvalue weighted by Gasteiger charge is -2.16. The normalized spacial score (nSPS) is 13.7. The lowest BCUT2D eigenvalue weighted by atomic mass is 10.1. The molecule has 2 aromatic carbocycles. The van der Waals surface area contributed by atoms with Gasteiger partial charge in [-0.15, -0.1) is 0 Å². The Balaban J connectivity index is 1.59. The van der Waals surface area contributed by atoms with Gasteiger partial charge in [0.1, 0.15) is 18.2 Å². The summed E-state index contributed by atoms with van der Waals surface area (Å²) in [6.45, 7) is 0.466. The van der Waals surface area contributed by atoms with Crippen molar-refractivity contribution in [3.8, 4) is 5.75 Å². The molecule has 0 N–H and O–H groups in total. The second-order valence-electron chi connectivity index (χ2n) is 7.71. The lowest BCUT2D eigenvalue weighted by molar-refractivity contribution is -0.385. The molecule has 2 heterocycles. The molecule has 4 rings (SSSR count). The van der Waals surface area contributed by atoms with Gasteiger partial charge >= 0.3 is 5.97 Å². The minimum Gasteiger partial charge on any atom is -0.496 e. The molecule has 1 aliphatic heterocycles. The molecular weight excluding hydrogens is 414 g/mol. The lowest BCUT2D eigenvalue weighted by Crippen LogP contribution is -2.26. The molecule has 0 amide bonds. The fourth-order valence-electron chi connectivity index (χ4n) is 3.94. The Bertz CT molecular complexity index is 1250. The maximum atomic E-state index is 12.9. The number of rotatable bonds is 5. The van der Waals surface area contributed by atoms with Crippen LogP contribution in [0.4, 0.5) is 5.69 Å². The number of non-ortho nitro benzene ring substituents is 1. The number of benzene rings is 2. The molecule has 3 aromatic rings. The molecule has 0 unspecified atom stereocenters. The zero-order chi connectivity index (χ0) is 22.7. The second-order valence-corrected chi connectivity index (χ2v) is 7.71. The summed E-state index contributed by atoms with van der Waals surface area (Å²) in [5.41, 5.74) is 0.888. The topological polar surface area (TPSA) is 114 Å². The standard InChI is InChI=1S/C23H23N3O6/c1-31-20-10-8-17(26(29)30)12-16(20)14-32-23(28)15-7-9-18-19(13-15)24-21-6-4-2-3-5-11-25(21)22(18)27/h7-10,12-13H,2-6,11,14H2,1H3. The quantitative estimate of drug-likeness (QED) is 0.339. The van der Waals surface area contributed by atoms with Crippen molar-refractivity contribution in [3.63, 3.8) is 0 Å². The number of nitro groups is 1. The van der Waals surface area contributed by atoms with E-state index in [0.29, 0.717) is 28.8 Å². The van der Waals surface area contributed by atoms with E-state index < -0.39 is 10.9 Å². The van der Waals surface area contributed by atoms with Crippen molar-refractivity contribution in [1.29, 1.82) is 0 Å². The average Bonchev–Trinajstić information content (AvgIpc) is 2.78. The Morgan fingerprint density at radius 1 is 1.16 bits per heavy atom. The van der Waals surface area contributed by atoms with Crippen LogP contribution < -0.4 is 10.3 Å². The minimum atomic E-state index is -0.617. The van der Waals surface area contributed by atoms with E-state index in [0.717, 1.165) is 37.9 Å². The SMILES string of the molecule is COc1ccc([N+](=O)[O-])cc1COC(=O)c1ccc2c(=O)n3c(nc2c1)CCCCCC3. The number of nitro benzene ring substituents is 1. The van der Waals surface area contributed by atoms with Gasteiger partial charge in [0.2, 0.25) is 0 Å². The number of hydrogen-bond donors (Lipinski definition) is 0. The molecule has 0 radical (unpaired) electrons. The van der Waals surface area contributed by atoms with Crippen LogP contribution in [-0.2, 0) is 24.3 Å². The second kappa shape index (κ2) is 9.17. The van der Waals surface area contributed by atoms with Gasteiger partial charge in [0.25, 0.3) is 11.2 Å². The number of aromatic nitrogens is 2. The van der Waals surface area contributed by atoms with Crippen molar-refractivity contribution >= 4 is 22.6 Å². The van der Waals surface area contributed by atoms with Gasteiger partial charge in [0.15, 0.2) is 0 Å². The van der Waals surface area contributed by atoms with E-state index in [-0.39, 0.29) is 23.4 Å².